The fraction of sp³-hybridized carbons (Fsp3) is 0.333. The van der Waals surface area contributed by atoms with Gasteiger partial charge in [0.05, 0.1) is 24.5 Å². The number of rotatable bonds is 7. The Balaban J connectivity index is 1.75. The molecule has 1 aliphatic rings. The van der Waals surface area contributed by atoms with Crippen molar-refractivity contribution in [1.29, 1.82) is 0 Å². The number of hydrogen-bond donors (Lipinski definition) is 2. The second-order valence-corrected chi connectivity index (χ2v) is 6.90. The molecule has 2 aromatic carbocycles. The van der Waals surface area contributed by atoms with Gasteiger partial charge in [0.25, 0.3) is 0 Å². The molecule has 6 heteroatoms. The summed E-state index contributed by atoms with van der Waals surface area (Å²) in [5.74, 6) is 0.0122. The molecule has 1 saturated carbocycles. The van der Waals surface area contributed by atoms with Crippen molar-refractivity contribution in [2.24, 2.45) is 5.92 Å². The van der Waals surface area contributed by atoms with E-state index in [2.05, 4.69) is 5.32 Å². The van der Waals surface area contributed by atoms with Crippen molar-refractivity contribution in [2.45, 2.75) is 32.3 Å². The van der Waals surface area contributed by atoms with Crippen LogP contribution >= 0.6 is 0 Å². The summed E-state index contributed by atoms with van der Waals surface area (Å²) in [5.41, 5.74) is 1.54. The number of carbonyl (C=O) groups excluding carboxylic acids is 1. The molecular weight excluding hydrogens is 346 g/mol. The van der Waals surface area contributed by atoms with E-state index in [4.69, 9.17) is 9.47 Å². The normalized spacial score (nSPS) is 18.1. The predicted molar refractivity (Wildman–Crippen MR) is 102 cm³/mol. The van der Waals surface area contributed by atoms with E-state index in [9.17, 15) is 14.7 Å². The van der Waals surface area contributed by atoms with Crippen molar-refractivity contribution >= 4 is 17.6 Å². The minimum absolute atomic E-state index is 0.0956. The van der Waals surface area contributed by atoms with Gasteiger partial charge in [-0.25, -0.2) is 4.79 Å². The van der Waals surface area contributed by atoms with Crippen LogP contribution in [0.1, 0.15) is 42.1 Å². The molecule has 1 fully saturated rings. The summed E-state index contributed by atoms with van der Waals surface area (Å²) in [7, 11) is 1.61. The lowest BCUT2D eigenvalue weighted by atomic mass is 10.1. The predicted octanol–water partition coefficient (Wildman–Crippen LogP) is 3.92. The fourth-order valence-corrected chi connectivity index (χ4v) is 3.07. The molecule has 0 heterocycles. The maximum Gasteiger partial charge on any atom is 0.335 e. The third-order valence-corrected chi connectivity index (χ3v) is 4.50. The molecule has 0 aliphatic heterocycles. The molecule has 2 N–H and O–H groups in total. The average Bonchev–Trinajstić information content (AvgIpc) is 3.43. The van der Waals surface area contributed by atoms with Gasteiger partial charge >= 0.3 is 5.97 Å². The zero-order valence-corrected chi connectivity index (χ0v) is 15.6. The summed E-state index contributed by atoms with van der Waals surface area (Å²) in [4.78, 5) is 23.9. The number of nitrogens with one attached hydrogen (secondary N) is 1. The Labute approximate surface area is 158 Å². The van der Waals surface area contributed by atoms with Crippen LogP contribution in [-0.2, 0) is 4.79 Å². The average molecular weight is 369 g/mol. The molecule has 2 unspecified atom stereocenters. The highest BCUT2D eigenvalue weighted by atomic mass is 16.5. The van der Waals surface area contributed by atoms with Gasteiger partial charge in [-0.2, -0.15) is 0 Å². The summed E-state index contributed by atoms with van der Waals surface area (Å²) >= 11 is 0. The van der Waals surface area contributed by atoms with Gasteiger partial charge in [-0.15, -0.1) is 0 Å². The first-order valence-electron chi connectivity index (χ1n) is 8.88. The molecule has 142 valence electrons. The highest BCUT2D eigenvalue weighted by Crippen LogP contribution is 2.48. The highest BCUT2D eigenvalue weighted by molar-refractivity contribution is 5.98. The molecular formula is C21H23NO5. The zero-order valence-electron chi connectivity index (χ0n) is 15.6. The number of hydrogen-bond acceptors (Lipinski definition) is 4. The molecule has 2 aromatic rings. The van der Waals surface area contributed by atoms with Gasteiger partial charge in [-0.3, -0.25) is 4.79 Å². The van der Waals surface area contributed by atoms with Crippen molar-refractivity contribution in [3.05, 3.63) is 53.6 Å². The molecule has 1 amide bonds. The van der Waals surface area contributed by atoms with Crippen LogP contribution in [0.4, 0.5) is 5.69 Å². The maximum atomic E-state index is 12.7. The van der Waals surface area contributed by atoms with Gasteiger partial charge in [-0.05, 0) is 62.1 Å². The number of benzene rings is 2. The largest absolute Gasteiger partial charge is 0.497 e. The van der Waals surface area contributed by atoms with Crippen LogP contribution < -0.4 is 14.8 Å². The molecule has 0 spiro atoms. The summed E-state index contributed by atoms with van der Waals surface area (Å²) in [6.45, 7) is 3.74. The Morgan fingerprint density at radius 1 is 1.19 bits per heavy atom. The lowest BCUT2D eigenvalue weighted by Crippen LogP contribution is -2.17. The quantitative estimate of drug-likeness (QED) is 0.773. The molecule has 3 rings (SSSR count). The Kier molecular flexibility index (Phi) is 5.35. The Bertz CT molecular complexity index is 861. The van der Waals surface area contributed by atoms with Crippen LogP contribution in [0.25, 0.3) is 0 Å². The molecule has 0 aromatic heterocycles. The maximum absolute atomic E-state index is 12.7. The van der Waals surface area contributed by atoms with E-state index in [1.54, 1.807) is 13.2 Å². The second-order valence-electron chi connectivity index (χ2n) is 6.90. The number of ether oxygens (including phenoxy) is 2. The lowest BCUT2D eigenvalue weighted by molar-refractivity contribution is -0.117. The number of aromatic carboxylic acids is 1. The number of anilines is 1. The van der Waals surface area contributed by atoms with E-state index in [0.717, 1.165) is 17.7 Å². The first kappa shape index (κ1) is 18.8. The number of amides is 1. The van der Waals surface area contributed by atoms with Crippen molar-refractivity contribution < 1.29 is 24.2 Å². The molecule has 0 bridgehead atoms. The number of carbonyl (C=O) groups is 2. The van der Waals surface area contributed by atoms with E-state index in [-0.39, 0.29) is 29.4 Å². The number of carboxylic acids is 1. The van der Waals surface area contributed by atoms with E-state index >= 15 is 0 Å². The summed E-state index contributed by atoms with van der Waals surface area (Å²) < 4.78 is 10.9. The first-order chi connectivity index (χ1) is 12.9. The van der Waals surface area contributed by atoms with Gasteiger partial charge in [0.2, 0.25) is 5.91 Å². The van der Waals surface area contributed by atoms with Crippen molar-refractivity contribution in [3.8, 4) is 11.5 Å². The van der Waals surface area contributed by atoms with E-state index in [1.807, 2.05) is 38.1 Å². The van der Waals surface area contributed by atoms with Crippen LogP contribution in [0.2, 0.25) is 0 Å². The lowest BCUT2D eigenvalue weighted by Gasteiger charge is -2.15. The van der Waals surface area contributed by atoms with Gasteiger partial charge in [0, 0.05) is 5.92 Å². The molecule has 2 atom stereocenters. The fourth-order valence-electron chi connectivity index (χ4n) is 3.07. The second kappa shape index (κ2) is 7.70. The Morgan fingerprint density at radius 2 is 1.96 bits per heavy atom. The van der Waals surface area contributed by atoms with Crippen LogP contribution in [-0.4, -0.2) is 30.2 Å². The molecule has 0 saturated heterocycles. The van der Waals surface area contributed by atoms with Crippen LogP contribution in [0.15, 0.2) is 42.5 Å². The first-order valence-corrected chi connectivity index (χ1v) is 8.88. The van der Waals surface area contributed by atoms with E-state index in [1.165, 1.54) is 12.1 Å². The van der Waals surface area contributed by atoms with Crippen LogP contribution in [0.5, 0.6) is 11.5 Å². The summed E-state index contributed by atoms with van der Waals surface area (Å²) in [5, 5.41) is 12.1. The SMILES string of the molecule is COc1cccc(C2CC2C(=O)Nc2cc(C(=O)O)ccc2OC(C)C)c1. The minimum atomic E-state index is -1.05. The van der Waals surface area contributed by atoms with Gasteiger partial charge in [-0.1, -0.05) is 12.1 Å². The topological polar surface area (TPSA) is 84.9 Å². The molecule has 0 radical (unpaired) electrons. The van der Waals surface area contributed by atoms with Gasteiger partial charge in [0.15, 0.2) is 0 Å². The Hall–Kier alpha value is -3.02. The zero-order chi connectivity index (χ0) is 19.6. The third kappa shape index (κ3) is 4.39. The molecule has 6 nitrogen and oxygen atoms in total. The van der Waals surface area contributed by atoms with Crippen molar-refractivity contribution in [1.82, 2.24) is 0 Å². The van der Waals surface area contributed by atoms with Gasteiger partial charge in [0.1, 0.15) is 11.5 Å². The number of methoxy groups -OCH3 is 1. The standard InChI is InChI=1S/C21H23NO5/c1-12(2)27-19-8-7-14(21(24)25)10-18(19)22-20(23)17-11-16(17)13-5-4-6-15(9-13)26-3/h4-10,12,16-17H,11H2,1-3H3,(H,22,23)(H,24,25). The monoisotopic (exact) mass is 369 g/mol. The Morgan fingerprint density at radius 3 is 2.63 bits per heavy atom. The molecule has 27 heavy (non-hydrogen) atoms. The van der Waals surface area contributed by atoms with Crippen LogP contribution in [0, 0.1) is 5.92 Å². The third-order valence-electron chi connectivity index (χ3n) is 4.50. The summed E-state index contributed by atoms with van der Waals surface area (Å²) in [6, 6.07) is 12.2. The van der Waals surface area contributed by atoms with Crippen molar-refractivity contribution in [2.75, 3.05) is 12.4 Å². The van der Waals surface area contributed by atoms with E-state index < -0.39 is 5.97 Å². The number of carboxylic acid groups (broad SMARTS) is 1. The van der Waals surface area contributed by atoms with E-state index in [0.29, 0.717) is 11.4 Å². The highest BCUT2D eigenvalue weighted by Gasteiger charge is 2.44. The van der Waals surface area contributed by atoms with Crippen LogP contribution in [0.3, 0.4) is 0 Å². The van der Waals surface area contributed by atoms with Crippen molar-refractivity contribution in [3.63, 3.8) is 0 Å². The smallest absolute Gasteiger partial charge is 0.335 e. The van der Waals surface area contributed by atoms with Gasteiger partial charge < -0.3 is 19.9 Å². The molecule has 1 aliphatic carbocycles. The summed E-state index contributed by atoms with van der Waals surface area (Å²) in [6.07, 6.45) is 0.652. The minimum Gasteiger partial charge on any atom is -0.497 e.